The summed E-state index contributed by atoms with van der Waals surface area (Å²) in [5, 5.41) is 2.85. The summed E-state index contributed by atoms with van der Waals surface area (Å²) in [6, 6.07) is 13.6. The van der Waals surface area contributed by atoms with Crippen molar-refractivity contribution in [2.45, 2.75) is 33.1 Å². The van der Waals surface area contributed by atoms with E-state index in [1.54, 1.807) is 38.6 Å². The fraction of sp³-hybridized carbons (Fsp3) is 0.333. The second-order valence-corrected chi connectivity index (χ2v) is 7.53. The van der Waals surface area contributed by atoms with E-state index in [4.69, 9.17) is 13.9 Å². The van der Waals surface area contributed by atoms with Crippen LogP contribution in [-0.4, -0.2) is 25.1 Å². The molecule has 1 aromatic heterocycles. The number of hydrogen-bond donors (Lipinski definition) is 1. The summed E-state index contributed by atoms with van der Waals surface area (Å²) in [7, 11) is 3.13. The van der Waals surface area contributed by atoms with Gasteiger partial charge in [-0.1, -0.05) is 38.1 Å². The number of anilines is 1. The number of nitrogens with one attached hydrogen (secondary N) is 1. The minimum Gasteiger partial charge on any atom is -0.493 e. The van der Waals surface area contributed by atoms with Gasteiger partial charge in [-0.05, 0) is 30.0 Å². The van der Waals surface area contributed by atoms with Gasteiger partial charge in [-0.2, -0.15) is 0 Å². The van der Waals surface area contributed by atoms with Crippen molar-refractivity contribution in [1.29, 1.82) is 0 Å². The average Bonchev–Trinajstić information content (AvgIpc) is 3.21. The number of benzene rings is 2. The van der Waals surface area contributed by atoms with E-state index >= 15 is 0 Å². The van der Waals surface area contributed by atoms with Crippen LogP contribution in [0.5, 0.6) is 11.5 Å². The van der Waals surface area contributed by atoms with Gasteiger partial charge < -0.3 is 19.2 Å². The first-order valence-electron chi connectivity index (χ1n) is 10.0. The lowest BCUT2D eigenvalue weighted by Crippen LogP contribution is -2.12. The van der Waals surface area contributed by atoms with Crippen molar-refractivity contribution < 1.29 is 18.7 Å². The highest BCUT2D eigenvalue weighted by atomic mass is 16.5. The van der Waals surface area contributed by atoms with Crippen LogP contribution in [0.1, 0.15) is 31.7 Å². The van der Waals surface area contributed by atoms with Crippen molar-refractivity contribution in [3.05, 3.63) is 60.1 Å². The molecule has 6 heteroatoms. The predicted molar refractivity (Wildman–Crippen MR) is 117 cm³/mol. The Bertz CT molecular complexity index is 977. The minimum atomic E-state index is -0.125. The standard InChI is InChI=1S/C24H28N2O4/c1-16(2)13-17-5-7-18(8-6-17)22-15-25-24(30-22)12-11-23(27)26-19-9-10-20(28-3)21(14-19)29-4/h5-10,14-16H,11-13H2,1-4H3,(H,26,27). The van der Waals surface area contributed by atoms with Gasteiger partial charge in [-0.3, -0.25) is 4.79 Å². The van der Waals surface area contributed by atoms with Crippen molar-refractivity contribution in [3.63, 3.8) is 0 Å². The van der Waals surface area contributed by atoms with Crippen LogP contribution in [0, 0.1) is 5.92 Å². The van der Waals surface area contributed by atoms with Crippen LogP contribution in [0.2, 0.25) is 0 Å². The second kappa shape index (κ2) is 9.96. The summed E-state index contributed by atoms with van der Waals surface area (Å²) in [6.45, 7) is 4.41. The molecule has 0 aliphatic heterocycles. The largest absolute Gasteiger partial charge is 0.493 e. The normalized spacial score (nSPS) is 10.8. The van der Waals surface area contributed by atoms with E-state index in [-0.39, 0.29) is 12.3 Å². The first kappa shape index (κ1) is 21.4. The third kappa shape index (κ3) is 5.63. The van der Waals surface area contributed by atoms with Crippen LogP contribution in [0.3, 0.4) is 0 Å². The maximum atomic E-state index is 12.3. The first-order chi connectivity index (χ1) is 14.5. The Morgan fingerprint density at radius 3 is 2.47 bits per heavy atom. The Kier molecular flexibility index (Phi) is 7.12. The molecule has 1 N–H and O–H groups in total. The van der Waals surface area contributed by atoms with Gasteiger partial charge in [0.15, 0.2) is 23.1 Å². The Morgan fingerprint density at radius 1 is 1.07 bits per heavy atom. The number of aryl methyl sites for hydroxylation is 1. The molecule has 1 amide bonds. The van der Waals surface area contributed by atoms with Gasteiger partial charge in [0.1, 0.15) is 0 Å². The van der Waals surface area contributed by atoms with E-state index in [1.807, 2.05) is 12.1 Å². The van der Waals surface area contributed by atoms with E-state index in [0.717, 1.165) is 12.0 Å². The van der Waals surface area contributed by atoms with Gasteiger partial charge in [-0.15, -0.1) is 0 Å². The molecule has 2 aromatic carbocycles. The molecule has 0 bridgehead atoms. The van der Waals surface area contributed by atoms with Crippen molar-refractivity contribution in [1.82, 2.24) is 4.98 Å². The molecule has 30 heavy (non-hydrogen) atoms. The van der Waals surface area contributed by atoms with Crippen LogP contribution in [-0.2, 0) is 17.6 Å². The fourth-order valence-electron chi connectivity index (χ4n) is 3.19. The molecule has 0 fully saturated rings. The number of rotatable bonds is 9. The third-order valence-corrected chi connectivity index (χ3v) is 4.67. The SMILES string of the molecule is COc1ccc(NC(=O)CCc2ncc(-c3ccc(CC(C)C)cc3)o2)cc1OC. The number of carbonyl (C=O) groups is 1. The summed E-state index contributed by atoms with van der Waals surface area (Å²) < 4.78 is 16.3. The molecule has 0 aliphatic carbocycles. The molecule has 3 rings (SSSR count). The third-order valence-electron chi connectivity index (χ3n) is 4.67. The Balaban J connectivity index is 1.55. The number of hydrogen-bond acceptors (Lipinski definition) is 5. The molecule has 0 saturated carbocycles. The number of aromatic nitrogens is 1. The zero-order valence-electron chi connectivity index (χ0n) is 17.9. The highest BCUT2D eigenvalue weighted by Crippen LogP contribution is 2.30. The molecule has 0 aliphatic rings. The maximum absolute atomic E-state index is 12.3. The first-order valence-corrected chi connectivity index (χ1v) is 10.0. The summed E-state index contributed by atoms with van der Waals surface area (Å²) >= 11 is 0. The number of nitrogens with zero attached hydrogens (tertiary/aromatic N) is 1. The lowest BCUT2D eigenvalue weighted by atomic mass is 10.0. The number of carbonyl (C=O) groups excluding carboxylic acids is 1. The quantitative estimate of drug-likeness (QED) is 0.531. The van der Waals surface area contributed by atoms with E-state index in [9.17, 15) is 4.79 Å². The molecular weight excluding hydrogens is 380 g/mol. The summed E-state index contributed by atoms with van der Waals surface area (Å²) in [6.07, 6.45) is 3.45. The van der Waals surface area contributed by atoms with Crippen LogP contribution >= 0.6 is 0 Å². The molecule has 158 valence electrons. The number of ether oxygens (including phenoxy) is 2. The molecule has 6 nitrogen and oxygen atoms in total. The van der Waals surface area contributed by atoms with Gasteiger partial charge in [0.05, 0.1) is 20.4 Å². The molecule has 0 spiro atoms. The van der Waals surface area contributed by atoms with Crippen molar-refractivity contribution in [3.8, 4) is 22.8 Å². The van der Waals surface area contributed by atoms with E-state index in [0.29, 0.717) is 41.2 Å². The number of oxazole rings is 1. The van der Waals surface area contributed by atoms with Crippen LogP contribution in [0.4, 0.5) is 5.69 Å². The van der Waals surface area contributed by atoms with Crippen molar-refractivity contribution >= 4 is 11.6 Å². The monoisotopic (exact) mass is 408 g/mol. The van der Waals surface area contributed by atoms with E-state index in [2.05, 4.69) is 36.3 Å². The van der Waals surface area contributed by atoms with E-state index in [1.165, 1.54) is 5.56 Å². The zero-order valence-corrected chi connectivity index (χ0v) is 17.9. The Morgan fingerprint density at radius 2 is 1.80 bits per heavy atom. The van der Waals surface area contributed by atoms with Gasteiger partial charge in [0, 0.05) is 30.2 Å². The van der Waals surface area contributed by atoms with Crippen molar-refractivity contribution in [2.24, 2.45) is 5.92 Å². The van der Waals surface area contributed by atoms with Crippen LogP contribution < -0.4 is 14.8 Å². The Labute approximate surface area is 177 Å². The highest BCUT2D eigenvalue weighted by molar-refractivity contribution is 5.91. The molecule has 1 heterocycles. The molecular formula is C24H28N2O4. The summed E-state index contributed by atoms with van der Waals surface area (Å²) in [4.78, 5) is 16.6. The molecule has 3 aromatic rings. The van der Waals surface area contributed by atoms with Gasteiger partial charge in [0.25, 0.3) is 0 Å². The molecule has 0 unspecified atom stereocenters. The number of amides is 1. The zero-order chi connectivity index (χ0) is 21.5. The summed E-state index contributed by atoms with van der Waals surface area (Å²) in [5.41, 5.74) is 2.93. The smallest absolute Gasteiger partial charge is 0.224 e. The van der Waals surface area contributed by atoms with E-state index < -0.39 is 0 Å². The molecule has 0 saturated heterocycles. The van der Waals surface area contributed by atoms with Gasteiger partial charge >= 0.3 is 0 Å². The fourth-order valence-corrected chi connectivity index (χ4v) is 3.19. The molecule has 0 atom stereocenters. The van der Waals surface area contributed by atoms with Crippen molar-refractivity contribution in [2.75, 3.05) is 19.5 Å². The Hall–Kier alpha value is -3.28. The lowest BCUT2D eigenvalue weighted by molar-refractivity contribution is -0.116. The molecule has 0 radical (unpaired) electrons. The number of methoxy groups -OCH3 is 2. The second-order valence-electron chi connectivity index (χ2n) is 7.53. The summed E-state index contributed by atoms with van der Waals surface area (Å²) in [5.74, 6) is 2.92. The minimum absolute atomic E-state index is 0.125. The highest BCUT2D eigenvalue weighted by Gasteiger charge is 2.11. The van der Waals surface area contributed by atoms with Crippen LogP contribution in [0.25, 0.3) is 11.3 Å². The average molecular weight is 408 g/mol. The van der Waals surface area contributed by atoms with Gasteiger partial charge in [0.2, 0.25) is 5.91 Å². The maximum Gasteiger partial charge on any atom is 0.224 e. The van der Waals surface area contributed by atoms with Crippen LogP contribution in [0.15, 0.2) is 53.1 Å². The van der Waals surface area contributed by atoms with Gasteiger partial charge in [-0.25, -0.2) is 4.98 Å². The topological polar surface area (TPSA) is 73.6 Å². The predicted octanol–water partition coefficient (Wildman–Crippen LogP) is 5.13. The lowest BCUT2D eigenvalue weighted by Gasteiger charge is -2.10.